The van der Waals surface area contributed by atoms with Crippen molar-refractivity contribution in [3.05, 3.63) is 53.1 Å². The predicted octanol–water partition coefficient (Wildman–Crippen LogP) is 5.49. The summed E-state index contributed by atoms with van der Waals surface area (Å²) in [5.74, 6) is 0.0371. The van der Waals surface area contributed by atoms with Crippen molar-refractivity contribution in [2.75, 3.05) is 19.1 Å². The smallest absolute Gasteiger partial charge is 0.414 e. The number of ether oxygens (including phenoxy) is 2. The Labute approximate surface area is 221 Å². The molecule has 2 aromatic carbocycles. The first-order valence-corrected chi connectivity index (χ1v) is 13.2. The molecule has 38 heavy (non-hydrogen) atoms. The van der Waals surface area contributed by atoms with Crippen LogP contribution in [-0.4, -0.2) is 46.8 Å². The Balaban J connectivity index is 1.69. The van der Waals surface area contributed by atoms with E-state index in [1.54, 1.807) is 17.9 Å². The maximum Gasteiger partial charge on any atom is 0.414 e. The van der Waals surface area contributed by atoms with Gasteiger partial charge in [-0.1, -0.05) is 12.5 Å². The second kappa shape index (κ2) is 10.4. The highest BCUT2D eigenvalue weighted by Crippen LogP contribution is 2.42. The van der Waals surface area contributed by atoms with E-state index in [-0.39, 0.29) is 29.5 Å². The number of hydrogen-bond donors (Lipinski definition) is 1. The number of benzene rings is 2. The largest absolute Gasteiger partial charge is 0.494 e. The Hall–Kier alpha value is -3.46. The van der Waals surface area contributed by atoms with Gasteiger partial charge in [0.15, 0.2) is 11.6 Å². The lowest BCUT2D eigenvalue weighted by atomic mass is 9.83. The molecule has 0 radical (unpaired) electrons. The number of halogens is 1. The van der Waals surface area contributed by atoms with Gasteiger partial charge in [-0.15, -0.1) is 0 Å². The van der Waals surface area contributed by atoms with E-state index in [2.05, 4.69) is 0 Å². The Morgan fingerprint density at radius 2 is 1.95 bits per heavy atom. The average molecular weight is 524 g/mol. The number of amides is 1. The van der Waals surface area contributed by atoms with Gasteiger partial charge in [0.05, 0.1) is 30.9 Å². The van der Waals surface area contributed by atoms with E-state index in [4.69, 9.17) is 14.5 Å². The van der Waals surface area contributed by atoms with Crippen LogP contribution in [-0.2, 0) is 16.0 Å². The van der Waals surface area contributed by atoms with E-state index in [0.717, 1.165) is 42.5 Å². The normalized spacial score (nSPS) is 22.2. The van der Waals surface area contributed by atoms with Gasteiger partial charge in [0.2, 0.25) is 0 Å². The average Bonchev–Trinajstić information content (AvgIpc) is 3.32. The quantitative estimate of drug-likeness (QED) is 0.475. The van der Waals surface area contributed by atoms with Crippen molar-refractivity contribution in [1.82, 2.24) is 9.55 Å². The number of aliphatic hydroxyl groups is 1. The molecule has 1 N–H and O–H groups in total. The standard InChI is InChI=1S/C29H34FN3O5/c1-16-8-10-21-23(32(16)29(36)38-4)11-12-24-26(21)31-28(27(35)19-9-13-25(37-3)22(30)15-19)33(24)20-7-5-6-18(14-20)17(2)34/h9,11-13,15-16,18,20,27,35H,5-8,10,14H2,1-4H3/t16-,18+,20+,27+/m0/s1. The monoisotopic (exact) mass is 523 g/mol. The highest BCUT2D eigenvalue weighted by molar-refractivity contribution is 5.95. The zero-order valence-corrected chi connectivity index (χ0v) is 22.2. The van der Waals surface area contributed by atoms with Gasteiger partial charge in [-0.2, -0.15) is 0 Å². The summed E-state index contributed by atoms with van der Waals surface area (Å²) in [6, 6.07) is 8.15. The van der Waals surface area contributed by atoms with Crippen LogP contribution in [0.4, 0.5) is 14.9 Å². The van der Waals surface area contributed by atoms with Crippen molar-refractivity contribution < 1.29 is 28.6 Å². The third kappa shape index (κ3) is 4.42. The minimum atomic E-state index is -1.20. The van der Waals surface area contributed by atoms with E-state index < -0.39 is 18.0 Å². The molecule has 5 rings (SSSR count). The minimum absolute atomic E-state index is 0.0310. The number of carbonyl (C=O) groups is 2. The summed E-state index contributed by atoms with van der Waals surface area (Å²) < 4.78 is 26.7. The fraction of sp³-hybridized carbons (Fsp3) is 0.483. The van der Waals surface area contributed by atoms with Gasteiger partial charge in [0.1, 0.15) is 17.7 Å². The molecule has 3 aromatic rings. The summed E-state index contributed by atoms with van der Waals surface area (Å²) in [6.07, 6.45) is 3.06. The molecule has 1 aliphatic heterocycles. The number of aromatic nitrogens is 2. The van der Waals surface area contributed by atoms with Gasteiger partial charge in [-0.25, -0.2) is 14.2 Å². The lowest BCUT2D eigenvalue weighted by molar-refractivity contribution is -0.122. The number of aliphatic hydroxyl groups excluding tert-OH is 1. The summed E-state index contributed by atoms with van der Waals surface area (Å²) in [4.78, 5) is 31.5. The molecule has 0 unspecified atom stereocenters. The lowest BCUT2D eigenvalue weighted by Gasteiger charge is -2.34. The molecule has 202 valence electrons. The fourth-order valence-corrected chi connectivity index (χ4v) is 6.14. The summed E-state index contributed by atoms with van der Waals surface area (Å²) in [7, 11) is 2.76. The fourth-order valence-electron chi connectivity index (χ4n) is 6.14. The minimum Gasteiger partial charge on any atom is -0.494 e. The number of rotatable bonds is 5. The molecule has 0 spiro atoms. The molecule has 8 nitrogen and oxygen atoms in total. The van der Waals surface area contributed by atoms with Crippen molar-refractivity contribution in [1.29, 1.82) is 0 Å². The molecule has 0 bridgehead atoms. The Bertz CT molecular complexity index is 1390. The third-order valence-electron chi connectivity index (χ3n) is 8.18. The number of hydrogen-bond acceptors (Lipinski definition) is 6. The summed E-state index contributed by atoms with van der Waals surface area (Å²) in [5, 5.41) is 11.5. The first kappa shape index (κ1) is 26.2. The van der Waals surface area contributed by atoms with Crippen LogP contribution < -0.4 is 9.64 Å². The van der Waals surface area contributed by atoms with Crippen molar-refractivity contribution >= 4 is 28.6 Å². The van der Waals surface area contributed by atoms with Crippen LogP contribution in [0.3, 0.4) is 0 Å². The van der Waals surface area contributed by atoms with Crippen molar-refractivity contribution in [3.8, 4) is 5.75 Å². The highest BCUT2D eigenvalue weighted by atomic mass is 19.1. The number of methoxy groups -OCH3 is 2. The van der Waals surface area contributed by atoms with Crippen LogP contribution in [0.1, 0.15) is 75.0 Å². The van der Waals surface area contributed by atoms with Crippen LogP contribution in [0, 0.1) is 11.7 Å². The van der Waals surface area contributed by atoms with Gasteiger partial charge in [0.25, 0.3) is 0 Å². The van der Waals surface area contributed by atoms with E-state index in [1.165, 1.54) is 26.4 Å². The number of anilines is 1. The molecule has 1 aliphatic carbocycles. The summed E-state index contributed by atoms with van der Waals surface area (Å²) in [6.45, 7) is 3.62. The number of imidazole rings is 1. The van der Waals surface area contributed by atoms with Crippen LogP contribution in [0.2, 0.25) is 0 Å². The van der Waals surface area contributed by atoms with Gasteiger partial charge < -0.3 is 19.1 Å². The molecule has 1 fully saturated rings. The maximum absolute atomic E-state index is 14.6. The van der Waals surface area contributed by atoms with E-state index in [0.29, 0.717) is 29.7 Å². The molecule has 9 heteroatoms. The SMILES string of the molecule is COC(=O)N1c2ccc3c(nc([C@H](O)c4ccc(OC)c(F)c4)n3[C@@H]3CCC[C@@H](C(C)=O)C3)c2CC[C@@H]1C. The second-order valence-corrected chi connectivity index (χ2v) is 10.4. The summed E-state index contributed by atoms with van der Waals surface area (Å²) in [5.41, 5.74) is 3.56. The van der Waals surface area contributed by atoms with Gasteiger partial charge in [-0.3, -0.25) is 9.69 Å². The summed E-state index contributed by atoms with van der Waals surface area (Å²) >= 11 is 0. The van der Waals surface area contributed by atoms with E-state index >= 15 is 0 Å². The number of carbonyl (C=O) groups excluding carboxylic acids is 2. The number of nitrogens with zero attached hydrogens (tertiary/aromatic N) is 3. The van der Waals surface area contributed by atoms with Gasteiger partial charge >= 0.3 is 6.09 Å². The van der Waals surface area contributed by atoms with Gasteiger partial charge in [-0.05, 0) is 75.8 Å². The first-order chi connectivity index (χ1) is 18.2. The number of Topliss-reactive ketones (excluding diaryl/α,β-unsaturated/α-hetero) is 1. The Morgan fingerprint density at radius 3 is 2.63 bits per heavy atom. The molecule has 4 atom stereocenters. The van der Waals surface area contributed by atoms with Crippen molar-refractivity contribution in [2.45, 2.75) is 70.6 Å². The molecular formula is C29H34FN3O5. The highest BCUT2D eigenvalue weighted by Gasteiger charge is 2.35. The third-order valence-corrected chi connectivity index (χ3v) is 8.18. The van der Waals surface area contributed by atoms with Crippen LogP contribution in [0.25, 0.3) is 11.0 Å². The molecule has 1 amide bonds. The van der Waals surface area contributed by atoms with Crippen LogP contribution in [0.5, 0.6) is 5.75 Å². The number of ketones is 1. The zero-order valence-electron chi connectivity index (χ0n) is 22.2. The van der Waals surface area contributed by atoms with Gasteiger partial charge in [0, 0.05) is 23.6 Å². The topological polar surface area (TPSA) is 93.9 Å². The van der Waals surface area contributed by atoms with Crippen LogP contribution in [0.15, 0.2) is 30.3 Å². The number of fused-ring (bicyclic) bond motifs is 3. The molecule has 2 aliphatic rings. The zero-order chi connectivity index (χ0) is 27.1. The molecule has 1 aromatic heterocycles. The molecular weight excluding hydrogens is 489 g/mol. The Morgan fingerprint density at radius 1 is 1.16 bits per heavy atom. The molecule has 2 heterocycles. The lowest BCUT2D eigenvalue weighted by Crippen LogP contribution is -2.42. The van der Waals surface area contributed by atoms with Crippen LogP contribution >= 0.6 is 0 Å². The predicted molar refractivity (Wildman–Crippen MR) is 141 cm³/mol. The number of aryl methyl sites for hydroxylation is 1. The van der Waals surface area contributed by atoms with E-state index in [9.17, 15) is 19.1 Å². The molecule has 1 saturated carbocycles. The Kier molecular flexibility index (Phi) is 7.13. The maximum atomic E-state index is 14.6. The van der Waals surface area contributed by atoms with E-state index in [1.807, 2.05) is 23.6 Å². The second-order valence-electron chi connectivity index (χ2n) is 10.4. The first-order valence-electron chi connectivity index (χ1n) is 13.2. The van der Waals surface area contributed by atoms with Crippen molar-refractivity contribution in [2.24, 2.45) is 5.92 Å². The van der Waals surface area contributed by atoms with Crippen molar-refractivity contribution in [3.63, 3.8) is 0 Å². The molecule has 0 saturated heterocycles.